The molecule has 0 aliphatic carbocycles. The lowest BCUT2D eigenvalue weighted by atomic mass is 10.0. The lowest BCUT2D eigenvalue weighted by molar-refractivity contribution is -0.144. The molecule has 2 aromatic rings. The zero-order valence-electron chi connectivity index (χ0n) is 19.7. The number of carbonyl (C=O) groups is 4. The number of likely N-dealkylation sites (tertiary alicyclic amines) is 1. The van der Waals surface area contributed by atoms with Gasteiger partial charge < -0.3 is 31.4 Å². The molecule has 1 saturated heterocycles. The maximum absolute atomic E-state index is 13.1. The number of aliphatic carboxylic acids is 1. The molecule has 1 aromatic heterocycles. The Bertz CT molecular complexity index is 1060. The summed E-state index contributed by atoms with van der Waals surface area (Å²) in [6.07, 6.45) is 3.29. The Labute approximate surface area is 198 Å². The van der Waals surface area contributed by atoms with Gasteiger partial charge in [-0.3, -0.25) is 14.4 Å². The van der Waals surface area contributed by atoms with E-state index in [4.69, 9.17) is 5.73 Å². The zero-order chi connectivity index (χ0) is 25.0. The number of rotatable bonds is 9. The standard InChI is InChI=1S/C24H33N5O5/c1-13(2)20(24(33)34)28-21(30)14(3)27-22(31)19-9-6-10-29(19)23(32)17(25)11-15-12-26-18-8-5-4-7-16(15)18/h4-5,7-8,12-14,17,19-20,26H,6,9-11,25H2,1-3H3,(H,27,31)(H,28,30)(H,33,34). The summed E-state index contributed by atoms with van der Waals surface area (Å²) in [6.45, 7) is 5.26. The first kappa shape index (κ1) is 25.2. The van der Waals surface area contributed by atoms with Crippen LogP contribution in [0.1, 0.15) is 39.2 Å². The molecule has 4 atom stereocenters. The first-order valence-electron chi connectivity index (χ1n) is 11.5. The number of aromatic amines is 1. The van der Waals surface area contributed by atoms with Crippen LogP contribution in [-0.4, -0.2) is 69.4 Å². The van der Waals surface area contributed by atoms with Crippen LogP contribution in [0.25, 0.3) is 10.9 Å². The van der Waals surface area contributed by atoms with Gasteiger partial charge in [-0.05, 0) is 43.7 Å². The van der Waals surface area contributed by atoms with Gasteiger partial charge in [-0.1, -0.05) is 32.0 Å². The minimum atomic E-state index is -1.14. The number of para-hydroxylation sites is 1. The molecule has 0 spiro atoms. The SMILES string of the molecule is CC(NC(=O)C1CCCN1C(=O)C(N)Cc1c[nH]c2ccccc12)C(=O)NC(C(=O)O)C(C)C. The highest BCUT2D eigenvalue weighted by Gasteiger charge is 2.37. The number of nitrogens with zero attached hydrogens (tertiary/aromatic N) is 1. The van der Waals surface area contributed by atoms with Crippen molar-refractivity contribution in [3.63, 3.8) is 0 Å². The Morgan fingerprint density at radius 2 is 1.88 bits per heavy atom. The lowest BCUT2D eigenvalue weighted by Crippen LogP contribution is -2.56. The van der Waals surface area contributed by atoms with Crippen molar-refractivity contribution in [1.82, 2.24) is 20.5 Å². The summed E-state index contributed by atoms with van der Waals surface area (Å²) in [5, 5.41) is 15.3. The average molecular weight is 472 g/mol. The zero-order valence-corrected chi connectivity index (χ0v) is 19.7. The van der Waals surface area contributed by atoms with Crippen molar-refractivity contribution in [3.8, 4) is 0 Å². The van der Waals surface area contributed by atoms with E-state index in [0.717, 1.165) is 16.5 Å². The third-order valence-corrected chi connectivity index (χ3v) is 6.25. The second kappa shape index (κ2) is 10.7. The first-order chi connectivity index (χ1) is 16.1. The average Bonchev–Trinajstić information content (AvgIpc) is 3.44. The summed E-state index contributed by atoms with van der Waals surface area (Å²) in [6, 6.07) is 4.21. The van der Waals surface area contributed by atoms with E-state index >= 15 is 0 Å². The predicted molar refractivity (Wildman–Crippen MR) is 127 cm³/mol. The lowest BCUT2D eigenvalue weighted by Gasteiger charge is -2.28. The summed E-state index contributed by atoms with van der Waals surface area (Å²) in [7, 11) is 0. The molecule has 1 fully saturated rings. The third-order valence-electron chi connectivity index (χ3n) is 6.25. The van der Waals surface area contributed by atoms with E-state index < -0.39 is 42.0 Å². The Morgan fingerprint density at radius 1 is 1.18 bits per heavy atom. The minimum absolute atomic E-state index is 0.314. The summed E-state index contributed by atoms with van der Waals surface area (Å²) in [4.78, 5) is 54.4. The van der Waals surface area contributed by atoms with E-state index in [2.05, 4.69) is 15.6 Å². The molecule has 4 unspecified atom stereocenters. The molecule has 1 aromatic carbocycles. The summed E-state index contributed by atoms with van der Waals surface area (Å²) < 4.78 is 0. The van der Waals surface area contributed by atoms with Gasteiger partial charge in [-0.15, -0.1) is 0 Å². The molecule has 0 radical (unpaired) electrons. The number of fused-ring (bicyclic) bond motifs is 1. The molecule has 3 rings (SSSR count). The first-order valence-corrected chi connectivity index (χ1v) is 11.5. The number of hydrogen-bond donors (Lipinski definition) is 5. The van der Waals surface area contributed by atoms with Gasteiger partial charge in [0.05, 0.1) is 6.04 Å². The fourth-order valence-electron chi connectivity index (χ4n) is 4.31. The molecule has 34 heavy (non-hydrogen) atoms. The Hall–Kier alpha value is -3.40. The van der Waals surface area contributed by atoms with Gasteiger partial charge >= 0.3 is 5.97 Å². The molecule has 10 nitrogen and oxygen atoms in total. The highest BCUT2D eigenvalue weighted by atomic mass is 16.4. The Balaban J connectivity index is 1.61. The maximum Gasteiger partial charge on any atom is 0.326 e. The number of amides is 3. The number of carboxylic acids is 1. The van der Waals surface area contributed by atoms with Crippen molar-refractivity contribution in [1.29, 1.82) is 0 Å². The maximum atomic E-state index is 13.1. The van der Waals surface area contributed by atoms with Crippen molar-refractivity contribution in [3.05, 3.63) is 36.0 Å². The number of H-pyrrole nitrogens is 1. The number of nitrogens with one attached hydrogen (secondary N) is 3. The quantitative estimate of drug-likeness (QED) is 0.363. The summed E-state index contributed by atoms with van der Waals surface area (Å²) >= 11 is 0. The number of benzene rings is 1. The normalized spacial score (nSPS) is 18.5. The van der Waals surface area contributed by atoms with Crippen LogP contribution in [-0.2, 0) is 25.6 Å². The largest absolute Gasteiger partial charge is 0.480 e. The second-order valence-electron chi connectivity index (χ2n) is 9.16. The molecule has 184 valence electrons. The Morgan fingerprint density at radius 3 is 2.56 bits per heavy atom. The van der Waals surface area contributed by atoms with Crippen molar-refractivity contribution < 1.29 is 24.3 Å². The van der Waals surface area contributed by atoms with E-state index in [1.807, 2.05) is 30.5 Å². The van der Waals surface area contributed by atoms with Crippen molar-refractivity contribution in [2.75, 3.05) is 6.54 Å². The monoisotopic (exact) mass is 471 g/mol. The number of carbonyl (C=O) groups excluding carboxylic acids is 3. The molecule has 0 saturated carbocycles. The predicted octanol–water partition coefficient (Wildman–Crippen LogP) is 0.759. The van der Waals surface area contributed by atoms with Gasteiger partial charge in [0.1, 0.15) is 18.1 Å². The van der Waals surface area contributed by atoms with Gasteiger partial charge in [-0.25, -0.2) is 4.79 Å². The van der Waals surface area contributed by atoms with E-state index in [1.165, 1.54) is 11.8 Å². The minimum Gasteiger partial charge on any atom is -0.480 e. The number of carboxylic acid groups (broad SMARTS) is 1. The van der Waals surface area contributed by atoms with E-state index in [-0.39, 0.29) is 11.8 Å². The van der Waals surface area contributed by atoms with E-state index in [0.29, 0.717) is 25.8 Å². The molecule has 1 aliphatic heterocycles. The molecular weight excluding hydrogens is 438 g/mol. The molecule has 3 amide bonds. The summed E-state index contributed by atoms with van der Waals surface area (Å²) in [5.74, 6) is -2.82. The van der Waals surface area contributed by atoms with Crippen LogP contribution in [0, 0.1) is 5.92 Å². The molecule has 0 bridgehead atoms. The highest BCUT2D eigenvalue weighted by molar-refractivity contribution is 5.94. The summed E-state index contributed by atoms with van der Waals surface area (Å²) in [5.41, 5.74) is 8.14. The van der Waals surface area contributed by atoms with Crippen LogP contribution in [0.2, 0.25) is 0 Å². The van der Waals surface area contributed by atoms with Gasteiger partial charge in [0, 0.05) is 23.6 Å². The topological polar surface area (TPSA) is 158 Å². The van der Waals surface area contributed by atoms with Crippen molar-refractivity contribution in [2.24, 2.45) is 11.7 Å². The van der Waals surface area contributed by atoms with Crippen molar-refractivity contribution in [2.45, 2.75) is 64.2 Å². The molecule has 1 aliphatic rings. The smallest absolute Gasteiger partial charge is 0.326 e. The van der Waals surface area contributed by atoms with Crippen LogP contribution in [0.3, 0.4) is 0 Å². The van der Waals surface area contributed by atoms with Crippen LogP contribution < -0.4 is 16.4 Å². The van der Waals surface area contributed by atoms with Gasteiger partial charge in [0.25, 0.3) is 0 Å². The van der Waals surface area contributed by atoms with Gasteiger partial charge in [0.2, 0.25) is 17.7 Å². The Kier molecular flexibility index (Phi) is 7.93. The van der Waals surface area contributed by atoms with Crippen LogP contribution in [0.15, 0.2) is 30.5 Å². The van der Waals surface area contributed by atoms with Crippen LogP contribution in [0.5, 0.6) is 0 Å². The number of nitrogens with two attached hydrogens (primary N) is 1. The van der Waals surface area contributed by atoms with Crippen molar-refractivity contribution >= 4 is 34.6 Å². The number of hydrogen-bond acceptors (Lipinski definition) is 5. The van der Waals surface area contributed by atoms with Gasteiger partial charge in [0.15, 0.2) is 0 Å². The van der Waals surface area contributed by atoms with E-state index in [9.17, 15) is 24.3 Å². The fourth-order valence-corrected chi connectivity index (χ4v) is 4.31. The van der Waals surface area contributed by atoms with Crippen LogP contribution in [0.4, 0.5) is 0 Å². The highest BCUT2D eigenvalue weighted by Crippen LogP contribution is 2.22. The number of aromatic nitrogens is 1. The molecular formula is C24H33N5O5. The third kappa shape index (κ3) is 5.56. The molecule has 2 heterocycles. The molecule has 6 N–H and O–H groups in total. The second-order valence-corrected chi connectivity index (χ2v) is 9.16. The fraction of sp³-hybridized carbons (Fsp3) is 0.500. The van der Waals surface area contributed by atoms with Gasteiger partial charge in [-0.2, -0.15) is 0 Å². The molecule has 10 heteroatoms. The van der Waals surface area contributed by atoms with E-state index in [1.54, 1.807) is 13.8 Å². The van der Waals surface area contributed by atoms with Crippen LogP contribution >= 0.6 is 0 Å².